The summed E-state index contributed by atoms with van der Waals surface area (Å²) in [6.07, 6.45) is 4.73. The van der Waals surface area contributed by atoms with Crippen LogP contribution in [0.3, 0.4) is 0 Å². The van der Waals surface area contributed by atoms with E-state index in [4.69, 9.17) is 4.98 Å². The number of nitrogens with zero attached hydrogens (tertiary/aromatic N) is 4. The van der Waals surface area contributed by atoms with Crippen LogP contribution in [0.2, 0.25) is 0 Å². The third kappa shape index (κ3) is 3.57. The van der Waals surface area contributed by atoms with Crippen molar-refractivity contribution in [3.8, 4) is 5.69 Å². The average molecular weight is 461 g/mol. The number of aromatic nitrogens is 4. The Balaban J connectivity index is 1.48. The second-order valence-corrected chi connectivity index (χ2v) is 11.0. The Bertz CT molecular complexity index is 1420. The van der Waals surface area contributed by atoms with Crippen LogP contribution in [0.15, 0.2) is 40.6 Å². The Morgan fingerprint density at radius 2 is 2.03 bits per heavy atom. The van der Waals surface area contributed by atoms with Crippen molar-refractivity contribution in [3.63, 3.8) is 0 Å². The highest BCUT2D eigenvalue weighted by molar-refractivity contribution is 7.10. The molecule has 0 amide bonds. The van der Waals surface area contributed by atoms with Gasteiger partial charge in [0.2, 0.25) is 5.95 Å². The van der Waals surface area contributed by atoms with E-state index >= 15 is 0 Å². The Morgan fingerprint density at radius 1 is 1.18 bits per heavy atom. The summed E-state index contributed by atoms with van der Waals surface area (Å²) in [6, 6.07) is 8.74. The Hall–Kier alpha value is -2.97. The minimum atomic E-state index is -0.0311. The first-order chi connectivity index (χ1) is 15.9. The van der Waals surface area contributed by atoms with Crippen molar-refractivity contribution in [1.82, 2.24) is 24.6 Å². The minimum Gasteiger partial charge on any atom is -0.324 e. The quantitative estimate of drug-likeness (QED) is 0.463. The van der Waals surface area contributed by atoms with E-state index in [2.05, 4.69) is 66.0 Å². The molecule has 0 atom stereocenters. The third-order valence-electron chi connectivity index (χ3n) is 6.42. The molecule has 0 saturated heterocycles. The maximum atomic E-state index is 13.4. The molecule has 33 heavy (non-hydrogen) atoms. The molecule has 0 unspecified atom stereocenters. The summed E-state index contributed by atoms with van der Waals surface area (Å²) in [7, 11) is 0. The van der Waals surface area contributed by atoms with E-state index in [1.165, 1.54) is 16.0 Å². The fraction of sp³-hybridized carbons (Fsp3) is 0.400. The Morgan fingerprint density at radius 3 is 2.82 bits per heavy atom. The van der Waals surface area contributed by atoms with Crippen LogP contribution in [0.1, 0.15) is 55.7 Å². The Labute approximate surface area is 196 Å². The highest BCUT2D eigenvalue weighted by Crippen LogP contribution is 2.39. The summed E-state index contributed by atoms with van der Waals surface area (Å²) in [5.41, 5.74) is 5.32. The van der Waals surface area contributed by atoms with Gasteiger partial charge in [0.05, 0.1) is 11.7 Å². The first-order valence-electron chi connectivity index (χ1n) is 11.6. The second kappa shape index (κ2) is 7.53. The van der Waals surface area contributed by atoms with Gasteiger partial charge < -0.3 is 10.6 Å². The zero-order chi connectivity index (χ0) is 22.7. The molecule has 7 nitrogen and oxygen atoms in total. The number of nitrogens with one attached hydrogen (secondary N) is 2. The molecule has 1 saturated carbocycles. The van der Waals surface area contributed by atoms with E-state index in [1.807, 2.05) is 9.36 Å². The molecule has 2 aliphatic rings. The molecule has 0 bridgehead atoms. The van der Waals surface area contributed by atoms with E-state index in [0.29, 0.717) is 17.0 Å². The standard InChI is InChI=1S/C25H28N6OS/c1-25(2,3)21-20(9-11-33-21)31-22-19(23(32)30(31)18-6-7-18)14-27-24(29-22)28-17-5-4-16-13-26-10-8-15(16)12-17/h4-5,9,11-12,14,18,26H,6-8,10,13H2,1-3H3,(H,27,28,29). The number of thiophene rings is 1. The molecule has 3 aromatic heterocycles. The zero-order valence-corrected chi connectivity index (χ0v) is 20.0. The molecule has 8 heteroatoms. The third-order valence-corrected chi connectivity index (χ3v) is 7.75. The van der Waals surface area contributed by atoms with E-state index in [-0.39, 0.29) is 17.0 Å². The maximum absolute atomic E-state index is 13.4. The second-order valence-electron chi connectivity index (χ2n) is 10.0. The lowest BCUT2D eigenvalue weighted by molar-refractivity contribution is 0.543. The van der Waals surface area contributed by atoms with Gasteiger partial charge in [0.1, 0.15) is 5.39 Å². The molecule has 1 aromatic carbocycles. The predicted molar refractivity (Wildman–Crippen MR) is 133 cm³/mol. The van der Waals surface area contributed by atoms with Crippen molar-refractivity contribution < 1.29 is 0 Å². The monoisotopic (exact) mass is 460 g/mol. The normalized spacial score (nSPS) is 16.2. The zero-order valence-electron chi connectivity index (χ0n) is 19.2. The number of anilines is 2. The molecule has 6 rings (SSSR count). The van der Waals surface area contributed by atoms with Gasteiger partial charge in [-0.25, -0.2) is 14.3 Å². The Kier molecular flexibility index (Phi) is 4.71. The van der Waals surface area contributed by atoms with Gasteiger partial charge in [-0.2, -0.15) is 4.98 Å². The highest BCUT2D eigenvalue weighted by Gasteiger charge is 2.32. The van der Waals surface area contributed by atoms with Crippen LogP contribution >= 0.6 is 11.3 Å². The molecule has 4 heterocycles. The smallest absolute Gasteiger partial charge is 0.278 e. The largest absolute Gasteiger partial charge is 0.324 e. The molecular formula is C25H28N6OS. The fourth-order valence-electron chi connectivity index (χ4n) is 4.65. The molecular weight excluding hydrogens is 432 g/mol. The lowest BCUT2D eigenvalue weighted by Gasteiger charge is -2.21. The molecule has 0 spiro atoms. The van der Waals surface area contributed by atoms with Crippen LogP contribution in [0.25, 0.3) is 16.7 Å². The summed E-state index contributed by atoms with van der Waals surface area (Å²) in [6.45, 7) is 8.54. The van der Waals surface area contributed by atoms with Gasteiger partial charge in [0.15, 0.2) is 5.65 Å². The summed E-state index contributed by atoms with van der Waals surface area (Å²) in [5, 5.41) is 9.45. The number of hydrogen-bond donors (Lipinski definition) is 2. The summed E-state index contributed by atoms with van der Waals surface area (Å²) < 4.78 is 3.93. The van der Waals surface area contributed by atoms with Crippen molar-refractivity contribution in [3.05, 3.63) is 62.2 Å². The summed E-state index contributed by atoms with van der Waals surface area (Å²) in [5.74, 6) is 0.505. The van der Waals surface area contributed by atoms with Gasteiger partial charge in [-0.1, -0.05) is 26.8 Å². The molecule has 4 aromatic rings. The number of benzene rings is 1. The molecule has 1 fully saturated rings. The van der Waals surface area contributed by atoms with Gasteiger partial charge in [-0.3, -0.25) is 4.79 Å². The van der Waals surface area contributed by atoms with Gasteiger partial charge in [0.25, 0.3) is 5.56 Å². The van der Waals surface area contributed by atoms with Crippen molar-refractivity contribution in [2.24, 2.45) is 0 Å². The van der Waals surface area contributed by atoms with E-state index in [1.54, 1.807) is 17.5 Å². The molecule has 1 aliphatic carbocycles. The topological polar surface area (TPSA) is 76.8 Å². The average Bonchev–Trinajstić information content (AvgIpc) is 3.42. The number of fused-ring (bicyclic) bond motifs is 2. The van der Waals surface area contributed by atoms with Gasteiger partial charge in [-0.05, 0) is 65.9 Å². The summed E-state index contributed by atoms with van der Waals surface area (Å²) in [4.78, 5) is 24.0. The fourth-order valence-corrected chi connectivity index (χ4v) is 5.62. The van der Waals surface area contributed by atoms with Gasteiger partial charge in [0, 0.05) is 23.3 Å². The lowest BCUT2D eigenvalue weighted by Crippen LogP contribution is -2.23. The van der Waals surface area contributed by atoms with Crippen LogP contribution in [0.4, 0.5) is 11.6 Å². The van der Waals surface area contributed by atoms with E-state index in [0.717, 1.165) is 43.7 Å². The van der Waals surface area contributed by atoms with Crippen LogP contribution in [0, 0.1) is 0 Å². The van der Waals surface area contributed by atoms with Crippen molar-refractivity contribution in [2.45, 2.75) is 58.0 Å². The van der Waals surface area contributed by atoms with Crippen molar-refractivity contribution >= 4 is 34.0 Å². The first-order valence-corrected chi connectivity index (χ1v) is 12.5. The molecule has 2 N–H and O–H groups in total. The van der Waals surface area contributed by atoms with Gasteiger partial charge in [-0.15, -0.1) is 11.3 Å². The van der Waals surface area contributed by atoms with Crippen LogP contribution in [0.5, 0.6) is 0 Å². The minimum absolute atomic E-state index is 0.00797. The maximum Gasteiger partial charge on any atom is 0.278 e. The molecule has 170 valence electrons. The molecule has 0 radical (unpaired) electrons. The summed E-state index contributed by atoms with van der Waals surface area (Å²) >= 11 is 1.73. The number of hydrogen-bond acceptors (Lipinski definition) is 6. The molecule has 1 aliphatic heterocycles. The van der Waals surface area contributed by atoms with E-state index in [9.17, 15) is 4.79 Å². The van der Waals surface area contributed by atoms with Crippen molar-refractivity contribution in [2.75, 3.05) is 11.9 Å². The highest BCUT2D eigenvalue weighted by atomic mass is 32.1. The SMILES string of the molecule is CC(C)(C)c1sccc1-n1c2nc(Nc3ccc4c(c3)CCNC4)ncc2c(=O)n1C1CC1. The predicted octanol–water partition coefficient (Wildman–Crippen LogP) is 4.67. The first kappa shape index (κ1) is 20.6. The van der Waals surface area contributed by atoms with Crippen molar-refractivity contribution in [1.29, 1.82) is 0 Å². The van der Waals surface area contributed by atoms with Crippen LogP contribution in [-0.4, -0.2) is 25.9 Å². The van der Waals surface area contributed by atoms with Crippen LogP contribution < -0.4 is 16.2 Å². The number of rotatable bonds is 4. The lowest BCUT2D eigenvalue weighted by atomic mass is 9.94. The van der Waals surface area contributed by atoms with Gasteiger partial charge >= 0.3 is 0 Å². The van der Waals surface area contributed by atoms with E-state index < -0.39 is 0 Å². The van der Waals surface area contributed by atoms with Crippen LogP contribution in [-0.2, 0) is 18.4 Å².